The summed E-state index contributed by atoms with van der Waals surface area (Å²) in [6, 6.07) is 10.6. The molecule has 2 aromatic rings. The number of thiophene rings is 1. The van der Waals surface area contributed by atoms with Crippen LogP contribution in [0.3, 0.4) is 0 Å². The minimum absolute atomic E-state index is 0.178. The summed E-state index contributed by atoms with van der Waals surface area (Å²) in [5, 5.41) is 5.70. The topological polar surface area (TPSA) is 30.5 Å². The fraction of sp³-hybridized carbons (Fsp3) is 0.375. The number of methoxy groups -OCH3 is 2. The van der Waals surface area contributed by atoms with E-state index >= 15 is 0 Å². The molecule has 0 aliphatic rings. The van der Waals surface area contributed by atoms with Gasteiger partial charge in [0.05, 0.1) is 14.2 Å². The second kappa shape index (κ2) is 6.77. The van der Waals surface area contributed by atoms with Gasteiger partial charge in [0.15, 0.2) is 0 Å². The van der Waals surface area contributed by atoms with Gasteiger partial charge in [-0.05, 0) is 43.5 Å². The van der Waals surface area contributed by atoms with E-state index in [1.165, 1.54) is 4.88 Å². The predicted molar refractivity (Wildman–Crippen MR) is 83.8 cm³/mol. The Kier molecular flexibility index (Phi) is 5.04. The molecule has 108 valence electrons. The molecule has 1 aromatic heterocycles. The zero-order valence-corrected chi connectivity index (χ0v) is 13.2. The summed E-state index contributed by atoms with van der Waals surface area (Å²) in [7, 11) is 3.37. The van der Waals surface area contributed by atoms with Crippen molar-refractivity contribution in [1.82, 2.24) is 5.32 Å². The zero-order chi connectivity index (χ0) is 14.5. The van der Waals surface area contributed by atoms with Gasteiger partial charge in [-0.25, -0.2) is 0 Å². The van der Waals surface area contributed by atoms with Gasteiger partial charge in [-0.2, -0.15) is 0 Å². The number of hydrogen-bond donors (Lipinski definition) is 1. The third kappa shape index (κ3) is 3.32. The van der Waals surface area contributed by atoms with Gasteiger partial charge in [0.1, 0.15) is 11.5 Å². The Morgan fingerprint density at radius 1 is 1.05 bits per heavy atom. The van der Waals surface area contributed by atoms with Crippen LogP contribution in [0, 0.1) is 0 Å². The molecule has 0 saturated heterocycles. The molecule has 0 bridgehead atoms. The number of ether oxygens (including phenoxy) is 2. The highest BCUT2D eigenvalue weighted by atomic mass is 32.1. The molecule has 3 nitrogen and oxygen atoms in total. The summed E-state index contributed by atoms with van der Waals surface area (Å²) < 4.78 is 10.7. The Bertz CT molecular complexity index is 539. The first kappa shape index (κ1) is 14.9. The van der Waals surface area contributed by atoms with Crippen LogP contribution in [-0.4, -0.2) is 14.2 Å². The summed E-state index contributed by atoms with van der Waals surface area (Å²) in [5.41, 5.74) is 1.11. The second-order valence-electron chi connectivity index (χ2n) is 4.73. The van der Waals surface area contributed by atoms with Crippen molar-refractivity contribution in [2.75, 3.05) is 14.2 Å². The average Bonchev–Trinajstić information content (AvgIpc) is 3.00. The van der Waals surface area contributed by atoms with Gasteiger partial charge < -0.3 is 14.8 Å². The van der Waals surface area contributed by atoms with Gasteiger partial charge in [-0.1, -0.05) is 6.07 Å². The smallest absolute Gasteiger partial charge is 0.123 e. The molecule has 2 atom stereocenters. The maximum atomic E-state index is 5.45. The molecule has 0 fully saturated rings. The van der Waals surface area contributed by atoms with Crippen molar-refractivity contribution >= 4 is 11.3 Å². The maximum Gasteiger partial charge on any atom is 0.123 e. The lowest BCUT2D eigenvalue weighted by atomic mass is 10.1. The van der Waals surface area contributed by atoms with Crippen LogP contribution in [0.25, 0.3) is 0 Å². The Balaban J connectivity index is 2.17. The van der Waals surface area contributed by atoms with Crippen LogP contribution in [0.2, 0.25) is 0 Å². The highest BCUT2D eigenvalue weighted by Crippen LogP contribution is 2.31. The first-order valence-electron chi connectivity index (χ1n) is 6.67. The highest BCUT2D eigenvalue weighted by Gasteiger charge is 2.16. The van der Waals surface area contributed by atoms with Crippen LogP contribution in [0.15, 0.2) is 35.7 Å². The van der Waals surface area contributed by atoms with Gasteiger partial charge >= 0.3 is 0 Å². The van der Waals surface area contributed by atoms with Crippen molar-refractivity contribution in [3.63, 3.8) is 0 Å². The molecule has 20 heavy (non-hydrogen) atoms. The predicted octanol–water partition coefficient (Wildman–Crippen LogP) is 4.18. The lowest BCUT2D eigenvalue weighted by Gasteiger charge is -2.22. The van der Waals surface area contributed by atoms with Gasteiger partial charge in [-0.3, -0.25) is 0 Å². The molecular formula is C16H21NO2S. The minimum Gasteiger partial charge on any atom is -0.497 e. The molecule has 1 heterocycles. The van der Waals surface area contributed by atoms with Crippen LogP contribution in [0.5, 0.6) is 11.5 Å². The van der Waals surface area contributed by atoms with E-state index in [4.69, 9.17) is 9.47 Å². The average molecular weight is 291 g/mol. The quantitative estimate of drug-likeness (QED) is 0.866. The molecule has 1 aromatic carbocycles. The van der Waals surface area contributed by atoms with Crippen LogP contribution in [0.4, 0.5) is 0 Å². The fourth-order valence-corrected chi connectivity index (χ4v) is 3.01. The Labute approximate surface area is 124 Å². The molecule has 0 aliphatic heterocycles. The normalized spacial score (nSPS) is 13.8. The monoisotopic (exact) mass is 291 g/mol. The van der Waals surface area contributed by atoms with E-state index < -0.39 is 0 Å². The van der Waals surface area contributed by atoms with E-state index in [2.05, 4.69) is 36.7 Å². The number of rotatable bonds is 6. The summed E-state index contributed by atoms with van der Waals surface area (Å²) in [4.78, 5) is 1.33. The number of benzene rings is 1. The molecule has 0 spiro atoms. The van der Waals surface area contributed by atoms with E-state index in [1.807, 2.05) is 18.2 Å². The van der Waals surface area contributed by atoms with Gasteiger partial charge in [-0.15, -0.1) is 11.3 Å². The lowest BCUT2D eigenvalue weighted by molar-refractivity contribution is 0.388. The van der Waals surface area contributed by atoms with Crippen molar-refractivity contribution < 1.29 is 9.47 Å². The standard InChI is InChI=1S/C16H21NO2S/c1-11(17-12(2)16-6-5-9-20-16)14-10-13(18-3)7-8-15(14)19-4/h5-12,17H,1-4H3/t11?,12-/m1/s1. The fourth-order valence-electron chi connectivity index (χ4n) is 2.26. The summed E-state index contributed by atoms with van der Waals surface area (Å²) >= 11 is 1.77. The number of nitrogens with one attached hydrogen (secondary N) is 1. The van der Waals surface area contributed by atoms with Crippen LogP contribution in [-0.2, 0) is 0 Å². The third-order valence-corrected chi connectivity index (χ3v) is 4.43. The van der Waals surface area contributed by atoms with Gasteiger partial charge in [0, 0.05) is 22.5 Å². The largest absolute Gasteiger partial charge is 0.497 e. The maximum absolute atomic E-state index is 5.45. The first-order valence-corrected chi connectivity index (χ1v) is 7.55. The molecule has 0 saturated carbocycles. The van der Waals surface area contributed by atoms with Crippen molar-refractivity contribution in [2.24, 2.45) is 0 Å². The Morgan fingerprint density at radius 3 is 2.45 bits per heavy atom. The molecular weight excluding hydrogens is 270 g/mol. The summed E-state index contributed by atoms with van der Waals surface area (Å²) in [5.74, 6) is 1.72. The van der Waals surface area contributed by atoms with E-state index in [-0.39, 0.29) is 6.04 Å². The van der Waals surface area contributed by atoms with Crippen molar-refractivity contribution in [3.8, 4) is 11.5 Å². The van der Waals surface area contributed by atoms with E-state index in [0.717, 1.165) is 17.1 Å². The third-order valence-electron chi connectivity index (χ3n) is 3.37. The minimum atomic E-state index is 0.178. The molecule has 0 aliphatic carbocycles. The molecule has 2 rings (SSSR count). The highest BCUT2D eigenvalue weighted by molar-refractivity contribution is 7.10. The number of hydrogen-bond acceptors (Lipinski definition) is 4. The van der Waals surface area contributed by atoms with Crippen molar-refractivity contribution in [3.05, 3.63) is 46.2 Å². The second-order valence-corrected chi connectivity index (χ2v) is 5.71. The first-order chi connectivity index (χ1) is 9.65. The van der Waals surface area contributed by atoms with Crippen LogP contribution < -0.4 is 14.8 Å². The zero-order valence-electron chi connectivity index (χ0n) is 12.3. The van der Waals surface area contributed by atoms with E-state index in [0.29, 0.717) is 6.04 Å². The Morgan fingerprint density at radius 2 is 1.85 bits per heavy atom. The Hall–Kier alpha value is -1.52. The summed E-state index contributed by atoms with van der Waals surface area (Å²) in [6.07, 6.45) is 0. The molecule has 1 unspecified atom stereocenters. The molecule has 1 N–H and O–H groups in total. The van der Waals surface area contributed by atoms with Gasteiger partial charge in [0.25, 0.3) is 0 Å². The molecule has 4 heteroatoms. The van der Waals surface area contributed by atoms with E-state index in [1.54, 1.807) is 25.6 Å². The summed E-state index contributed by atoms with van der Waals surface area (Å²) in [6.45, 7) is 4.32. The molecule has 0 radical (unpaired) electrons. The van der Waals surface area contributed by atoms with Crippen molar-refractivity contribution in [1.29, 1.82) is 0 Å². The van der Waals surface area contributed by atoms with Gasteiger partial charge in [0.2, 0.25) is 0 Å². The van der Waals surface area contributed by atoms with Crippen molar-refractivity contribution in [2.45, 2.75) is 25.9 Å². The van der Waals surface area contributed by atoms with E-state index in [9.17, 15) is 0 Å². The molecule has 0 amide bonds. The van der Waals surface area contributed by atoms with Crippen LogP contribution >= 0.6 is 11.3 Å². The lowest BCUT2D eigenvalue weighted by Crippen LogP contribution is -2.22. The SMILES string of the molecule is COc1ccc(OC)c(C(C)N[C@H](C)c2cccs2)c1. The van der Waals surface area contributed by atoms with Crippen LogP contribution in [0.1, 0.15) is 36.4 Å².